The van der Waals surface area contributed by atoms with Crippen LogP contribution in [0.4, 0.5) is 4.79 Å². The van der Waals surface area contributed by atoms with E-state index in [9.17, 15) is 19.5 Å². The number of ether oxygens (including phenoxy) is 3. The third-order valence-electron chi connectivity index (χ3n) is 6.23. The number of hydrogen-bond acceptors (Lipinski definition) is 8. The van der Waals surface area contributed by atoms with Gasteiger partial charge in [0.05, 0.1) is 0 Å². The average Bonchev–Trinajstić information content (AvgIpc) is 2.89. The molecule has 0 spiro atoms. The zero-order valence-corrected chi connectivity index (χ0v) is 22.8. The number of amides is 1. The van der Waals surface area contributed by atoms with Crippen LogP contribution in [0.2, 0.25) is 0 Å². The summed E-state index contributed by atoms with van der Waals surface area (Å²) in [4.78, 5) is 39.3. The Labute approximate surface area is 229 Å². The molecule has 1 fully saturated rings. The molecule has 1 amide bonds. The van der Waals surface area contributed by atoms with Crippen LogP contribution in [0.15, 0.2) is 60.7 Å². The van der Waals surface area contributed by atoms with Crippen LogP contribution >= 0.6 is 12.4 Å². The van der Waals surface area contributed by atoms with Crippen molar-refractivity contribution in [1.82, 2.24) is 4.90 Å². The molecule has 0 bridgehead atoms. The Kier molecular flexibility index (Phi) is 11.6. The van der Waals surface area contributed by atoms with Gasteiger partial charge < -0.3 is 30.0 Å². The fourth-order valence-corrected chi connectivity index (χ4v) is 4.25. The maximum atomic E-state index is 13.3. The van der Waals surface area contributed by atoms with Gasteiger partial charge in [0.2, 0.25) is 11.9 Å². The summed E-state index contributed by atoms with van der Waals surface area (Å²) in [6.45, 7) is 5.90. The van der Waals surface area contributed by atoms with Crippen LogP contribution in [0.3, 0.4) is 0 Å². The molecular weight excluding hydrogens is 512 g/mol. The van der Waals surface area contributed by atoms with E-state index in [-0.39, 0.29) is 31.4 Å². The zero-order valence-electron chi connectivity index (χ0n) is 21.9. The molecule has 2 atom stereocenters. The molecule has 3 N–H and O–H groups in total. The summed E-state index contributed by atoms with van der Waals surface area (Å²) in [5.74, 6) is -1.17. The number of nitrogens with zero attached hydrogens (tertiary/aromatic N) is 1. The average molecular weight is 549 g/mol. The first-order valence-corrected chi connectivity index (χ1v) is 12.6. The molecule has 2 aromatic rings. The summed E-state index contributed by atoms with van der Waals surface area (Å²) >= 11 is 0. The molecule has 1 aliphatic rings. The predicted octanol–water partition coefficient (Wildman–Crippen LogP) is 3.75. The van der Waals surface area contributed by atoms with E-state index < -0.39 is 42.1 Å². The molecule has 1 aliphatic heterocycles. The lowest BCUT2D eigenvalue weighted by molar-refractivity contribution is -0.170. The molecule has 38 heavy (non-hydrogen) atoms. The molecule has 0 aromatic heterocycles. The van der Waals surface area contributed by atoms with Gasteiger partial charge in [0.1, 0.15) is 12.1 Å². The SMILES string of the molecule is CC(C)C[C@H](N)C(=O)OC(C)OC(=O)N1CCC(OC(=O)C(O)(c2ccccc2)c2ccccc2)CC1.Cl. The summed E-state index contributed by atoms with van der Waals surface area (Å²) in [6, 6.07) is 16.5. The molecule has 9 nitrogen and oxygen atoms in total. The van der Waals surface area contributed by atoms with Crippen LogP contribution < -0.4 is 5.73 Å². The minimum absolute atomic E-state index is 0. The van der Waals surface area contributed by atoms with Crippen molar-refractivity contribution < 1.29 is 33.7 Å². The van der Waals surface area contributed by atoms with Crippen LogP contribution in [0.1, 0.15) is 51.2 Å². The van der Waals surface area contributed by atoms with Crippen LogP contribution in [-0.4, -0.2) is 59.6 Å². The third-order valence-corrected chi connectivity index (χ3v) is 6.23. The van der Waals surface area contributed by atoms with Crippen molar-refractivity contribution in [2.45, 2.75) is 64.1 Å². The van der Waals surface area contributed by atoms with Gasteiger partial charge in [-0.05, 0) is 23.5 Å². The topological polar surface area (TPSA) is 128 Å². The number of carbonyl (C=O) groups excluding carboxylic acids is 3. The molecule has 208 valence electrons. The van der Waals surface area contributed by atoms with Gasteiger partial charge in [-0.1, -0.05) is 74.5 Å². The van der Waals surface area contributed by atoms with E-state index in [1.54, 1.807) is 60.7 Å². The zero-order chi connectivity index (χ0) is 27.0. The number of nitrogens with two attached hydrogens (primary N) is 1. The third kappa shape index (κ3) is 7.93. The summed E-state index contributed by atoms with van der Waals surface area (Å²) in [7, 11) is 0. The van der Waals surface area contributed by atoms with Crippen LogP contribution in [0.5, 0.6) is 0 Å². The molecular formula is C28H37ClN2O7. The number of rotatable bonds is 9. The fourth-order valence-electron chi connectivity index (χ4n) is 4.25. The van der Waals surface area contributed by atoms with Gasteiger partial charge in [0.15, 0.2) is 0 Å². The lowest BCUT2D eigenvalue weighted by atomic mass is 9.86. The summed E-state index contributed by atoms with van der Waals surface area (Å²) in [5.41, 5.74) is 4.66. The minimum Gasteiger partial charge on any atom is -0.460 e. The van der Waals surface area contributed by atoms with Crippen molar-refractivity contribution in [3.63, 3.8) is 0 Å². The molecule has 1 unspecified atom stereocenters. The minimum atomic E-state index is -1.96. The molecule has 0 aliphatic carbocycles. The lowest BCUT2D eigenvalue weighted by Gasteiger charge is -2.34. The second-order valence-electron chi connectivity index (χ2n) is 9.66. The van der Waals surface area contributed by atoms with Gasteiger partial charge in [-0.25, -0.2) is 9.59 Å². The maximum absolute atomic E-state index is 13.3. The number of esters is 2. The number of likely N-dealkylation sites (tertiary alicyclic amines) is 1. The first-order chi connectivity index (χ1) is 17.6. The highest BCUT2D eigenvalue weighted by molar-refractivity contribution is 5.86. The first kappa shape index (κ1) is 31.1. The second-order valence-corrected chi connectivity index (χ2v) is 9.66. The van der Waals surface area contributed by atoms with Crippen LogP contribution in [0.25, 0.3) is 0 Å². The maximum Gasteiger partial charge on any atom is 0.412 e. The van der Waals surface area contributed by atoms with Crippen LogP contribution in [0, 0.1) is 5.92 Å². The Balaban J connectivity index is 0.00000507. The van der Waals surface area contributed by atoms with E-state index in [1.165, 1.54) is 11.8 Å². The fraction of sp³-hybridized carbons (Fsp3) is 0.464. The van der Waals surface area contributed by atoms with E-state index in [2.05, 4.69) is 0 Å². The van der Waals surface area contributed by atoms with Crippen molar-refractivity contribution in [3.05, 3.63) is 71.8 Å². The standard InChI is InChI=1S/C28H36N2O7.ClH/c1-19(2)18-24(29)25(31)35-20(3)36-27(33)30-16-14-23(15-17-30)37-26(32)28(34,21-10-6-4-7-11-21)22-12-8-5-9-13-22;/h4-13,19-20,23-24,34H,14-18,29H2,1-3H3;1H/t20?,24-;/m0./s1. The normalized spacial score (nSPS) is 15.7. The Morgan fingerprint density at radius 3 is 1.92 bits per heavy atom. The van der Waals surface area contributed by atoms with Crippen molar-refractivity contribution in [2.24, 2.45) is 11.7 Å². The van der Waals surface area contributed by atoms with Crippen LogP contribution in [-0.2, 0) is 29.4 Å². The summed E-state index contributed by atoms with van der Waals surface area (Å²) < 4.78 is 16.1. The molecule has 1 heterocycles. The Morgan fingerprint density at radius 2 is 1.45 bits per heavy atom. The monoisotopic (exact) mass is 548 g/mol. The highest BCUT2D eigenvalue weighted by atomic mass is 35.5. The Bertz CT molecular complexity index is 1000. The number of aliphatic hydroxyl groups is 1. The van der Waals surface area contributed by atoms with E-state index in [0.29, 0.717) is 30.4 Å². The number of halogens is 1. The van der Waals surface area contributed by atoms with E-state index in [1.807, 2.05) is 13.8 Å². The number of hydrogen-bond donors (Lipinski definition) is 2. The lowest BCUT2D eigenvalue weighted by Crippen LogP contribution is -2.46. The van der Waals surface area contributed by atoms with E-state index in [0.717, 1.165) is 0 Å². The predicted molar refractivity (Wildman–Crippen MR) is 143 cm³/mol. The molecule has 10 heteroatoms. The van der Waals surface area contributed by atoms with E-state index >= 15 is 0 Å². The quantitative estimate of drug-likeness (QED) is 0.358. The first-order valence-electron chi connectivity index (χ1n) is 12.6. The molecule has 1 saturated heterocycles. The van der Waals surface area contributed by atoms with Gasteiger partial charge in [0.25, 0.3) is 0 Å². The van der Waals surface area contributed by atoms with Crippen molar-refractivity contribution in [1.29, 1.82) is 0 Å². The smallest absolute Gasteiger partial charge is 0.412 e. The van der Waals surface area contributed by atoms with Crippen molar-refractivity contribution in [3.8, 4) is 0 Å². The Morgan fingerprint density at radius 1 is 0.947 bits per heavy atom. The summed E-state index contributed by atoms with van der Waals surface area (Å²) in [6.07, 6.45) is -0.995. The van der Waals surface area contributed by atoms with Crippen molar-refractivity contribution >= 4 is 30.4 Å². The van der Waals surface area contributed by atoms with Gasteiger partial charge in [-0.2, -0.15) is 0 Å². The highest BCUT2D eigenvalue weighted by Gasteiger charge is 2.43. The molecule has 2 aromatic carbocycles. The van der Waals surface area contributed by atoms with Gasteiger partial charge >= 0.3 is 18.0 Å². The second kappa shape index (κ2) is 14.1. The number of benzene rings is 2. The molecule has 0 radical (unpaired) electrons. The molecule has 0 saturated carbocycles. The highest BCUT2D eigenvalue weighted by Crippen LogP contribution is 2.32. The summed E-state index contributed by atoms with van der Waals surface area (Å²) in [5, 5.41) is 11.5. The Hall–Kier alpha value is -3.14. The number of carbonyl (C=O) groups is 3. The van der Waals surface area contributed by atoms with Gasteiger partial charge in [-0.3, -0.25) is 4.79 Å². The van der Waals surface area contributed by atoms with E-state index in [4.69, 9.17) is 19.9 Å². The molecule has 3 rings (SSSR count). The largest absolute Gasteiger partial charge is 0.460 e. The number of piperidine rings is 1. The van der Waals surface area contributed by atoms with Gasteiger partial charge in [-0.15, -0.1) is 12.4 Å². The van der Waals surface area contributed by atoms with Crippen molar-refractivity contribution in [2.75, 3.05) is 13.1 Å². The van der Waals surface area contributed by atoms with Gasteiger partial charge in [0, 0.05) is 32.9 Å².